The van der Waals surface area contributed by atoms with Gasteiger partial charge in [0.15, 0.2) is 0 Å². The number of nitrogens with zero attached hydrogens (tertiary/aromatic N) is 2. The van der Waals surface area contributed by atoms with Gasteiger partial charge in [-0.3, -0.25) is 20.4 Å². The van der Waals surface area contributed by atoms with Gasteiger partial charge in [-0.2, -0.15) is 0 Å². The van der Waals surface area contributed by atoms with Crippen molar-refractivity contribution in [3.8, 4) is 11.3 Å². The molecule has 2 amide bonds. The number of aromatic nitrogens is 2. The second kappa shape index (κ2) is 7.51. The number of benzene rings is 2. The molecule has 0 saturated heterocycles. The quantitative estimate of drug-likeness (QED) is 0.523. The van der Waals surface area contributed by atoms with Crippen LogP contribution in [-0.2, 0) is 0 Å². The molecule has 2 aromatic heterocycles. The zero-order valence-electron chi connectivity index (χ0n) is 15.3. The third kappa shape index (κ3) is 3.55. The summed E-state index contributed by atoms with van der Waals surface area (Å²) >= 11 is 0. The van der Waals surface area contributed by atoms with Crippen LogP contribution in [-0.4, -0.2) is 22.0 Å². The fourth-order valence-corrected chi connectivity index (χ4v) is 2.92. The summed E-state index contributed by atoms with van der Waals surface area (Å²) in [4.78, 5) is 29.4. The Morgan fingerprint density at radius 3 is 2.31 bits per heavy atom. The second-order valence-electron chi connectivity index (χ2n) is 6.26. The lowest BCUT2D eigenvalue weighted by Crippen LogP contribution is -2.42. The van der Waals surface area contributed by atoms with Gasteiger partial charge < -0.3 is 4.52 Å². The van der Waals surface area contributed by atoms with Crippen LogP contribution in [0.25, 0.3) is 22.4 Å². The van der Waals surface area contributed by atoms with Gasteiger partial charge in [-0.25, -0.2) is 9.37 Å². The zero-order valence-corrected chi connectivity index (χ0v) is 15.3. The molecular formula is C21H15FN4O3. The van der Waals surface area contributed by atoms with Crippen LogP contribution in [0.2, 0.25) is 0 Å². The molecule has 0 spiro atoms. The van der Waals surface area contributed by atoms with Gasteiger partial charge in [0.2, 0.25) is 0 Å². The van der Waals surface area contributed by atoms with E-state index >= 15 is 0 Å². The van der Waals surface area contributed by atoms with Gasteiger partial charge in [-0.15, -0.1) is 0 Å². The summed E-state index contributed by atoms with van der Waals surface area (Å²) in [5.74, 6) is -2.07. The minimum Gasteiger partial charge on any atom is -0.335 e. The van der Waals surface area contributed by atoms with Crippen molar-refractivity contribution in [3.05, 3.63) is 83.3 Å². The first-order valence-corrected chi connectivity index (χ1v) is 8.72. The number of carbonyl (C=O) groups excluding carboxylic acids is 2. The van der Waals surface area contributed by atoms with Crippen LogP contribution in [0.5, 0.6) is 0 Å². The standard InChI is InChI=1S/C21H15FN4O3/c1-12-18-15(20(28)25-24-19(27)14-9-5-6-10-16(14)22)11-17(23-21(18)29-26-12)13-7-3-2-4-8-13/h2-11H,1H3,(H,24,27)(H,25,28). The fraction of sp³-hybridized carbons (Fsp3) is 0.0476. The third-order valence-electron chi connectivity index (χ3n) is 4.34. The number of rotatable bonds is 3. The Hall–Kier alpha value is -4.07. The average Bonchev–Trinajstić information content (AvgIpc) is 3.13. The number of hydrogen-bond acceptors (Lipinski definition) is 5. The number of hydrogen-bond donors (Lipinski definition) is 2. The molecule has 8 heteroatoms. The molecule has 29 heavy (non-hydrogen) atoms. The first-order valence-electron chi connectivity index (χ1n) is 8.72. The van der Waals surface area contributed by atoms with Gasteiger partial charge in [0.1, 0.15) is 5.82 Å². The average molecular weight is 390 g/mol. The highest BCUT2D eigenvalue weighted by molar-refractivity contribution is 6.08. The highest BCUT2D eigenvalue weighted by atomic mass is 19.1. The van der Waals surface area contributed by atoms with Crippen molar-refractivity contribution in [1.29, 1.82) is 0 Å². The highest BCUT2D eigenvalue weighted by Crippen LogP contribution is 2.26. The molecule has 4 rings (SSSR count). The number of nitrogens with one attached hydrogen (secondary N) is 2. The van der Waals surface area contributed by atoms with Crippen molar-refractivity contribution in [3.63, 3.8) is 0 Å². The van der Waals surface area contributed by atoms with Gasteiger partial charge in [0, 0.05) is 5.56 Å². The van der Waals surface area contributed by atoms with Crippen LogP contribution in [0.1, 0.15) is 26.4 Å². The molecule has 0 radical (unpaired) electrons. The number of pyridine rings is 1. The minimum atomic E-state index is -0.771. The summed E-state index contributed by atoms with van der Waals surface area (Å²) < 4.78 is 19.0. The number of carbonyl (C=O) groups is 2. The lowest BCUT2D eigenvalue weighted by Gasteiger charge is -2.10. The maximum absolute atomic E-state index is 13.7. The summed E-state index contributed by atoms with van der Waals surface area (Å²) in [5, 5.41) is 4.31. The Morgan fingerprint density at radius 1 is 0.931 bits per heavy atom. The number of aryl methyl sites for hydroxylation is 1. The number of amides is 2. The van der Waals surface area contributed by atoms with Gasteiger partial charge in [0.05, 0.1) is 27.9 Å². The summed E-state index contributed by atoms with van der Waals surface area (Å²) in [6.45, 7) is 1.68. The van der Waals surface area contributed by atoms with Crippen molar-refractivity contribution in [2.75, 3.05) is 0 Å². The van der Waals surface area contributed by atoms with Gasteiger partial charge in [-0.1, -0.05) is 47.6 Å². The van der Waals surface area contributed by atoms with E-state index in [4.69, 9.17) is 4.52 Å². The normalized spacial score (nSPS) is 10.7. The van der Waals surface area contributed by atoms with E-state index in [2.05, 4.69) is 21.0 Å². The second-order valence-corrected chi connectivity index (χ2v) is 6.26. The Bertz CT molecular complexity index is 1220. The lowest BCUT2D eigenvalue weighted by molar-refractivity contribution is 0.0845. The van der Waals surface area contributed by atoms with E-state index in [0.717, 1.165) is 11.6 Å². The van der Waals surface area contributed by atoms with Crippen LogP contribution in [0.4, 0.5) is 4.39 Å². The van der Waals surface area contributed by atoms with Gasteiger partial charge in [-0.05, 0) is 25.1 Å². The zero-order chi connectivity index (χ0) is 20.4. The molecular weight excluding hydrogens is 375 g/mol. The molecule has 7 nitrogen and oxygen atoms in total. The molecule has 0 bridgehead atoms. The molecule has 0 atom stereocenters. The Labute approximate surface area is 164 Å². The number of halogens is 1. The van der Waals surface area contributed by atoms with E-state index < -0.39 is 17.6 Å². The molecule has 0 saturated carbocycles. The van der Waals surface area contributed by atoms with Crippen LogP contribution in [0, 0.1) is 12.7 Å². The Kier molecular flexibility index (Phi) is 4.74. The monoisotopic (exact) mass is 390 g/mol. The van der Waals surface area contributed by atoms with E-state index in [9.17, 15) is 14.0 Å². The lowest BCUT2D eigenvalue weighted by atomic mass is 10.1. The molecule has 0 aliphatic rings. The van der Waals surface area contributed by atoms with Crippen molar-refractivity contribution in [2.24, 2.45) is 0 Å². The van der Waals surface area contributed by atoms with Gasteiger partial charge >= 0.3 is 0 Å². The van der Waals surface area contributed by atoms with Gasteiger partial charge in [0.25, 0.3) is 17.5 Å². The fourth-order valence-electron chi connectivity index (χ4n) is 2.92. The third-order valence-corrected chi connectivity index (χ3v) is 4.34. The van der Waals surface area contributed by atoms with Crippen molar-refractivity contribution in [1.82, 2.24) is 21.0 Å². The van der Waals surface area contributed by atoms with Crippen LogP contribution >= 0.6 is 0 Å². The van der Waals surface area contributed by atoms with E-state index in [1.54, 1.807) is 13.0 Å². The SMILES string of the molecule is Cc1noc2nc(-c3ccccc3)cc(C(=O)NNC(=O)c3ccccc3F)c12. The number of hydrazine groups is 1. The summed E-state index contributed by atoms with van der Waals surface area (Å²) in [6, 6.07) is 16.3. The Balaban J connectivity index is 1.65. The smallest absolute Gasteiger partial charge is 0.272 e. The maximum atomic E-state index is 13.7. The highest BCUT2D eigenvalue weighted by Gasteiger charge is 2.20. The summed E-state index contributed by atoms with van der Waals surface area (Å²) in [6.07, 6.45) is 0. The predicted octanol–water partition coefficient (Wildman–Crippen LogP) is 3.41. The first kappa shape index (κ1) is 18.3. The summed E-state index contributed by atoms with van der Waals surface area (Å²) in [7, 11) is 0. The summed E-state index contributed by atoms with van der Waals surface area (Å²) in [5.41, 5.74) is 6.56. The first-order chi connectivity index (χ1) is 14.0. The largest absolute Gasteiger partial charge is 0.335 e. The van der Waals surface area contributed by atoms with E-state index in [0.29, 0.717) is 16.8 Å². The molecule has 144 valence electrons. The molecule has 2 N–H and O–H groups in total. The molecule has 0 aliphatic heterocycles. The molecule has 0 fully saturated rings. The predicted molar refractivity (Wildman–Crippen MR) is 103 cm³/mol. The van der Waals surface area contributed by atoms with Crippen LogP contribution in [0.15, 0.2) is 65.2 Å². The number of fused-ring (bicyclic) bond motifs is 1. The minimum absolute atomic E-state index is 0.182. The van der Waals surface area contributed by atoms with Crippen LogP contribution < -0.4 is 10.9 Å². The van der Waals surface area contributed by atoms with Crippen molar-refractivity contribution >= 4 is 22.9 Å². The van der Waals surface area contributed by atoms with E-state index in [1.807, 2.05) is 30.3 Å². The maximum Gasteiger partial charge on any atom is 0.272 e. The van der Waals surface area contributed by atoms with Crippen molar-refractivity contribution in [2.45, 2.75) is 6.92 Å². The Morgan fingerprint density at radius 2 is 1.59 bits per heavy atom. The molecule has 4 aromatic rings. The molecule has 2 heterocycles. The molecule has 0 aliphatic carbocycles. The van der Waals surface area contributed by atoms with Crippen molar-refractivity contribution < 1.29 is 18.5 Å². The van der Waals surface area contributed by atoms with E-state index in [-0.39, 0.29) is 16.8 Å². The topological polar surface area (TPSA) is 97.1 Å². The van der Waals surface area contributed by atoms with E-state index in [1.165, 1.54) is 18.2 Å². The molecule has 0 unspecified atom stereocenters. The molecule has 2 aromatic carbocycles. The van der Waals surface area contributed by atoms with Crippen LogP contribution in [0.3, 0.4) is 0 Å².